The van der Waals surface area contributed by atoms with Crippen LogP contribution in [0.3, 0.4) is 0 Å². The number of aliphatic hydroxyl groups excluding tert-OH is 2. The molecule has 4 N–H and O–H groups in total. The number of pyridine rings is 1. The van der Waals surface area contributed by atoms with Crippen LogP contribution in [0.5, 0.6) is 0 Å². The fourth-order valence-corrected chi connectivity index (χ4v) is 5.61. The largest absolute Gasteiger partial charge is 0.392 e. The summed E-state index contributed by atoms with van der Waals surface area (Å²) in [6.07, 6.45) is 3.37. The van der Waals surface area contributed by atoms with Crippen molar-refractivity contribution >= 4 is 34.2 Å². The van der Waals surface area contributed by atoms with E-state index in [0.717, 1.165) is 38.9 Å². The maximum Gasteiger partial charge on any atom is 0.322 e. The maximum atomic E-state index is 13.2. The van der Waals surface area contributed by atoms with Gasteiger partial charge in [0.1, 0.15) is 11.8 Å². The number of H-pyrrole nitrogens is 1. The number of carbonyl (C=O) groups is 2. The predicted octanol–water partition coefficient (Wildman–Crippen LogP) is 4.27. The SMILES string of the molecule is CC(O)C(=O)N1CC=C(c2cc3c(-c4cccc(NC(=O)N5Cc6ccccc6C5)c4CO)ccnc3[nH]2)CC1. The Balaban J connectivity index is 1.28. The number of aromatic nitrogens is 2. The molecule has 0 saturated heterocycles. The first-order chi connectivity index (χ1) is 19.4. The highest BCUT2D eigenvalue weighted by Gasteiger charge is 2.25. The van der Waals surface area contributed by atoms with Crippen LogP contribution < -0.4 is 5.32 Å². The first kappa shape index (κ1) is 25.8. The van der Waals surface area contributed by atoms with Crippen LogP contribution in [0.1, 0.15) is 35.7 Å². The van der Waals surface area contributed by atoms with Crippen LogP contribution in [0.15, 0.2) is 66.9 Å². The number of benzene rings is 2. The van der Waals surface area contributed by atoms with Gasteiger partial charge in [-0.2, -0.15) is 0 Å². The second-order valence-corrected chi connectivity index (χ2v) is 10.3. The Morgan fingerprint density at radius 1 is 1.05 bits per heavy atom. The average Bonchev–Trinajstić information content (AvgIpc) is 3.61. The van der Waals surface area contributed by atoms with Crippen molar-refractivity contribution in [3.8, 4) is 11.1 Å². The number of rotatable bonds is 5. The van der Waals surface area contributed by atoms with E-state index in [4.69, 9.17) is 0 Å². The molecule has 1 atom stereocenters. The molecular weight excluding hydrogens is 506 g/mol. The quantitative estimate of drug-likeness (QED) is 0.303. The number of aromatic amines is 1. The molecule has 204 valence electrons. The molecule has 1 unspecified atom stereocenters. The Hall–Kier alpha value is -4.47. The van der Waals surface area contributed by atoms with E-state index in [1.807, 2.05) is 60.7 Å². The molecular formula is C31H31N5O4. The minimum absolute atomic E-state index is 0.209. The summed E-state index contributed by atoms with van der Waals surface area (Å²) in [5.74, 6) is -0.270. The van der Waals surface area contributed by atoms with E-state index in [0.29, 0.717) is 49.5 Å². The Morgan fingerprint density at radius 2 is 1.82 bits per heavy atom. The molecule has 0 spiro atoms. The van der Waals surface area contributed by atoms with Crippen LogP contribution in [0.4, 0.5) is 10.5 Å². The van der Waals surface area contributed by atoms with Gasteiger partial charge in [-0.25, -0.2) is 9.78 Å². The molecule has 40 heavy (non-hydrogen) atoms. The normalized spacial score (nSPS) is 15.6. The molecule has 0 aliphatic carbocycles. The maximum absolute atomic E-state index is 13.2. The molecule has 3 amide bonds. The first-order valence-electron chi connectivity index (χ1n) is 13.4. The monoisotopic (exact) mass is 537 g/mol. The van der Waals surface area contributed by atoms with E-state index in [2.05, 4.69) is 15.3 Å². The molecule has 2 aromatic heterocycles. The third-order valence-corrected chi connectivity index (χ3v) is 7.75. The highest BCUT2D eigenvalue weighted by atomic mass is 16.3. The summed E-state index contributed by atoms with van der Waals surface area (Å²) in [4.78, 5) is 36.6. The van der Waals surface area contributed by atoms with Gasteiger partial charge in [0.05, 0.1) is 6.61 Å². The summed E-state index contributed by atoms with van der Waals surface area (Å²) in [5.41, 5.74) is 7.91. The van der Waals surface area contributed by atoms with Crippen molar-refractivity contribution in [3.63, 3.8) is 0 Å². The Kier molecular flexibility index (Phi) is 6.83. The van der Waals surface area contributed by atoms with E-state index >= 15 is 0 Å². The number of nitrogens with zero attached hydrogens (tertiary/aromatic N) is 3. The summed E-state index contributed by atoms with van der Waals surface area (Å²) >= 11 is 0. The number of amides is 3. The van der Waals surface area contributed by atoms with Gasteiger partial charge < -0.3 is 30.3 Å². The molecule has 0 radical (unpaired) electrons. The smallest absolute Gasteiger partial charge is 0.322 e. The molecule has 4 aromatic rings. The zero-order chi connectivity index (χ0) is 27.8. The van der Waals surface area contributed by atoms with E-state index in [9.17, 15) is 19.8 Å². The molecule has 2 aromatic carbocycles. The highest BCUT2D eigenvalue weighted by molar-refractivity contribution is 5.98. The second kappa shape index (κ2) is 10.6. The lowest BCUT2D eigenvalue weighted by Crippen LogP contribution is -2.40. The number of aliphatic hydroxyl groups is 2. The summed E-state index contributed by atoms with van der Waals surface area (Å²) in [6, 6.07) is 17.4. The van der Waals surface area contributed by atoms with Gasteiger partial charge in [-0.15, -0.1) is 0 Å². The van der Waals surface area contributed by atoms with Crippen molar-refractivity contribution < 1.29 is 19.8 Å². The standard InChI is InChI=1S/C31H31N5O4/c1-19(38)30(39)35-13-10-20(11-14-35)28-15-25-24(9-12-32-29(25)33-28)23-7-4-8-27(26(23)18-37)34-31(40)36-16-21-5-2-3-6-22(21)17-36/h2-10,12,15,19,37-38H,11,13-14,16-18H2,1H3,(H,32,33)(H,34,40). The van der Waals surface area contributed by atoms with Gasteiger partial charge in [-0.1, -0.05) is 42.5 Å². The van der Waals surface area contributed by atoms with Crippen LogP contribution in [0.25, 0.3) is 27.7 Å². The Labute approximate surface area is 231 Å². The molecule has 9 nitrogen and oxygen atoms in total. The van der Waals surface area contributed by atoms with Gasteiger partial charge in [0.15, 0.2) is 0 Å². The summed E-state index contributed by atoms with van der Waals surface area (Å²) in [5, 5.41) is 24.0. The number of nitrogens with one attached hydrogen (secondary N) is 2. The van der Waals surface area contributed by atoms with Crippen molar-refractivity contribution in [3.05, 3.63) is 89.3 Å². The van der Waals surface area contributed by atoms with Crippen molar-refractivity contribution in [2.75, 3.05) is 18.4 Å². The lowest BCUT2D eigenvalue weighted by molar-refractivity contribution is -0.138. The predicted molar refractivity (Wildman–Crippen MR) is 153 cm³/mol. The Bertz CT molecular complexity index is 1610. The summed E-state index contributed by atoms with van der Waals surface area (Å²) < 4.78 is 0. The third kappa shape index (κ3) is 4.74. The number of hydrogen-bond acceptors (Lipinski definition) is 5. The van der Waals surface area contributed by atoms with E-state index in [-0.39, 0.29) is 18.5 Å². The molecule has 2 aliphatic heterocycles. The summed E-state index contributed by atoms with van der Waals surface area (Å²) in [6.45, 7) is 3.31. The number of urea groups is 1. The van der Waals surface area contributed by atoms with Crippen molar-refractivity contribution in [2.45, 2.75) is 39.1 Å². The number of carbonyl (C=O) groups excluding carboxylic acids is 2. The second-order valence-electron chi connectivity index (χ2n) is 10.3. The zero-order valence-corrected chi connectivity index (χ0v) is 22.2. The van der Waals surface area contributed by atoms with Crippen molar-refractivity contribution in [1.82, 2.24) is 19.8 Å². The van der Waals surface area contributed by atoms with Crippen molar-refractivity contribution in [2.24, 2.45) is 0 Å². The number of hydrogen-bond donors (Lipinski definition) is 4. The van der Waals surface area contributed by atoms with Crippen LogP contribution >= 0.6 is 0 Å². The molecule has 9 heteroatoms. The van der Waals surface area contributed by atoms with E-state index in [1.165, 1.54) is 6.92 Å². The average molecular weight is 538 g/mol. The fourth-order valence-electron chi connectivity index (χ4n) is 5.61. The first-order valence-corrected chi connectivity index (χ1v) is 13.4. The lowest BCUT2D eigenvalue weighted by Gasteiger charge is -2.27. The molecule has 0 bridgehead atoms. The van der Waals surface area contributed by atoms with E-state index < -0.39 is 6.10 Å². The molecule has 2 aliphatic rings. The highest BCUT2D eigenvalue weighted by Crippen LogP contribution is 2.36. The van der Waals surface area contributed by atoms with Crippen LogP contribution in [-0.2, 0) is 24.5 Å². The molecule has 6 rings (SSSR count). The topological polar surface area (TPSA) is 122 Å². The van der Waals surface area contributed by atoms with Gasteiger partial charge in [0.2, 0.25) is 0 Å². The lowest BCUT2D eigenvalue weighted by atomic mass is 9.96. The van der Waals surface area contributed by atoms with Gasteiger partial charge in [-0.05, 0) is 59.4 Å². The molecule has 0 saturated carbocycles. The van der Waals surface area contributed by atoms with Crippen LogP contribution in [0.2, 0.25) is 0 Å². The van der Waals surface area contributed by atoms with Gasteiger partial charge in [0.25, 0.3) is 5.91 Å². The minimum Gasteiger partial charge on any atom is -0.392 e. The van der Waals surface area contributed by atoms with Crippen LogP contribution in [-0.4, -0.2) is 61.1 Å². The van der Waals surface area contributed by atoms with E-state index in [1.54, 1.807) is 16.0 Å². The Morgan fingerprint density at radius 3 is 2.50 bits per heavy atom. The molecule has 4 heterocycles. The zero-order valence-electron chi connectivity index (χ0n) is 22.2. The van der Waals surface area contributed by atoms with Gasteiger partial charge in [0, 0.05) is 54.7 Å². The summed E-state index contributed by atoms with van der Waals surface area (Å²) in [7, 11) is 0. The van der Waals surface area contributed by atoms with Gasteiger partial charge in [-0.3, -0.25) is 4.79 Å². The van der Waals surface area contributed by atoms with Crippen molar-refractivity contribution in [1.29, 1.82) is 0 Å². The number of anilines is 1. The molecule has 0 fully saturated rings. The van der Waals surface area contributed by atoms with Gasteiger partial charge >= 0.3 is 6.03 Å². The minimum atomic E-state index is -1.01. The van der Waals surface area contributed by atoms with Crippen LogP contribution in [0, 0.1) is 0 Å². The number of fused-ring (bicyclic) bond motifs is 2. The third-order valence-electron chi connectivity index (χ3n) is 7.75. The fraction of sp³-hybridized carbons (Fsp3) is 0.258.